The number of likely N-dealkylation sites (N-methyl/N-ethyl adjacent to an activating group) is 1. The maximum atomic E-state index is 5.47. The van der Waals surface area contributed by atoms with Crippen LogP contribution in [0.25, 0.3) is 0 Å². The SMILES string of the molecule is COc1ccc(CNC(=S)N[C@H](C[NH+](C)C)c2ccccc2)cc1. The van der Waals surface area contributed by atoms with E-state index in [2.05, 4.69) is 49.0 Å². The molecule has 0 saturated carbocycles. The second kappa shape index (κ2) is 9.25. The number of nitrogens with one attached hydrogen (secondary N) is 3. The molecule has 0 aliphatic rings. The van der Waals surface area contributed by atoms with Gasteiger partial charge in [-0.2, -0.15) is 0 Å². The molecule has 0 spiro atoms. The highest BCUT2D eigenvalue weighted by molar-refractivity contribution is 7.80. The van der Waals surface area contributed by atoms with Gasteiger partial charge in [-0.05, 0) is 35.5 Å². The third-order valence-corrected chi connectivity index (χ3v) is 3.99. The first-order valence-corrected chi connectivity index (χ1v) is 8.50. The van der Waals surface area contributed by atoms with Gasteiger partial charge in [0.05, 0.1) is 21.2 Å². The highest BCUT2D eigenvalue weighted by atomic mass is 32.1. The standard InChI is InChI=1S/C19H25N3OS/c1-22(2)14-18(16-7-5-4-6-8-16)21-19(24)20-13-15-9-11-17(23-3)12-10-15/h4-12,18H,13-14H2,1-3H3,(H2,20,21,24)/p+1/t18-/m1/s1. The van der Waals surface area contributed by atoms with Crippen LogP contribution in [0.2, 0.25) is 0 Å². The first kappa shape index (κ1) is 18.2. The number of hydrogen-bond acceptors (Lipinski definition) is 2. The molecule has 0 fully saturated rings. The molecule has 2 rings (SSSR count). The van der Waals surface area contributed by atoms with Crippen molar-refractivity contribution in [3.8, 4) is 5.75 Å². The highest BCUT2D eigenvalue weighted by Crippen LogP contribution is 2.12. The lowest BCUT2D eigenvalue weighted by Gasteiger charge is -2.22. The van der Waals surface area contributed by atoms with Crippen molar-refractivity contribution in [2.24, 2.45) is 0 Å². The number of benzene rings is 2. The van der Waals surface area contributed by atoms with Crippen molar-refractivity contribution >= 4 is 17.3 Å². The van der Waals surface area contributed by atoms with E-state index in [4.69, 9.17) is 17.0 Å². The zero-order valence-corrected chi connectivity index (χ0v) is 15.3. The normalized spacial score (nSPS) is 11.8. The lowest BCUT2D eigenvalue weighted by molar-refractivity contribution is -0.860. The van der Waals surface area contributed by atoms with Gasteiger partial charge >= 0.3 is 0 Å². The van der Waals surface area contributed by atoms with Gasteiger partial charge in [0, 0.05) is 6.54 Å². The van der Waals surface area contributed by atoms with Crippen LogP contribution in [-0.2, 0) is 6.54 Å². The van der Waals surface area contributed by atoms with Crippen LogP contribution < -0.4 is 20.3 Å². The largest absolute Gasteiger partial charge is 0.497 e. The Bertz CT molecular complexity index is 629. The van der Waals surface area contributed by atoms with Gasteiger partial charge in [0.15, 0.2) is 5.11 Å². The lowest BCUT2D eigenvalue weighted by Crippen LogP contribution is -3.06. The summed E-state index contributed by atoms with van der Waals surface area (Å²) in [6, 6.07) is 18.6. The fraction of sp³-hybridized carbons (Fsp3) is 0.316. The summed E-state index contributed by atoms with van der Waals surface area (Å²) in [5, 5.41) is 7.38. The first-order chi connectivity index (χ1) is 11.6. The Labute approximate surface area is 149 Å². The smallest absolute Gasteiger partial charge is 0.167 e. The molecule has 0 amide bonds. The molecule has 4 nitrogen and oxygen atoms in total. The third-order valence-electron chi connectivity index (χ3n) is 3.73. The Balaban J connectivity index is 1.92. The molecule has 2 aromatic carbocycles. The van der Waals surface area contributed by atoms with E-state index in [-0.39, 0.29) is 6.04 Å². The Hall–Kier alpha value is -2.11. The van der Waals surface area contributed by atoms with Gasteiger partial charge in [-0.25, -0.2) is 0 Å². The topological polar surface area (TPSA) is 37.7 Å². The summed E-state index contributed by atoms with van der Waals surface area (Å²) in [5.41, 5.74) is 2.40. The fourth-order valence-corrected chi connectivity index (χ4v) is 2.70. The molecule has 3 N–H and O–H groups in total. The summed E-state index contributed by atoms with van der Waals surface area (Å²) in [4.78, 5) is 1.37. The minimum Gasteiger partial charge on any atom is -0.497 e. The molecule has 0 aliphatic carbocycles. The summed E-state index contributed by atoms with van der Waals surface area (Å²) in [5.74, 6) is 0.859. The molecule has 0 bridgehead atoms. The lowest BCUT2D eigenvalue weighted by atomic mass is 10.1. The van der Waals surface area contributed by atoms with Gasteiger partial charge < -0.3 is 20.3 Å². The van der Waals surface area contributed by atoms with E-state index in [0.29, 0.717) is 11.7 Å². The molecule has 0 radical (unpaired) electrons. The monoisotopic (exact) mass is 344 g/mol. The van der Waals surface area contributed by atoms with Crippen LogP contribution in [0.15, 0.2) is 54.6 Å². The predicted octanol–water partition coefficient (Wildman–Crippen LogP) is 1.55. The van der Waals surface area contributed by atoms with E-state index in [1.54, 1.807) is 7.11 Å². The molecule has 0 heterocycles. The number of thiocarbonyl (C=S) groups is 1. The molecule has 0 aliphatic heterocycles. The van der Waals surface area contributed by atoms with E-state index in [1.807, 2.05) is 30.3 Å². The molecule has 5 heteroatoms. The predicted molar refractivity (Wildman–Crippen MR) is 102 cm³/mol. The molecule has 0 saturated heterocycles. The molecule has 1 atom stereocenters. The molecule has 0 aromatic heterocycles. The van der Waals surface area contributed by atoms with Gasteiger partial charge in [0.1, 0.15) is 18.3 Å². The van der Waals surface area contributed by atoms with Crippen molar-refractivity contribution in [1.82, 2.24) is 10.6 Å². The van der Waals surface area contributed by atoms with Crippen LogP contribution in [0.1, 0.15) is 17.2 Å². The number of methoxy groups -OCH3 is 1. The Morgan fingerprint density at radius 2 is 1.75 bits per heavy atom. The van der Waals surface area contributed by atoms with Crippen molar-refractivity contribution in [2.45, 2.75) is 12.6 Å². The van der Waals surface area contributed by atoms with Crippen molar-refractivity contribution < 1.29 is 9.64 Å². The highest BCUT2D eigenvalue weighted by Gasteiger charge is 2.15. The molecule has 128 valence electrons. The molecular weight excluding hydrogens is 318 g/mol. The van der Waals surface area contributed by atoms with Gasteiger partial charge in [-0.1, -0.05) is 42.5 Å². The third kappa shape index (κ3) is 5.83. The van der Waals surface area contributed by atoms with Crippen molar-refractivity contribution in [1.29, 1.82) is 0 Å². The molecule has 24 heavy (non-hydrogen) atoms. The minimum absolute atomic E-state index is 0.187. The van der Waals surface area contributed by atoms with Crippen LogP contribution in [-0.4, -0.2) is 32.9 Å². The van der Waals surface area contributed by atoms with Crippen molar-refractivity contribution in [3.63, 3.8) is 0 Å². The summed E-state index contributed by atoms with van der Waals surface area (Å²) in [7, 11) is 5.96. The van der Waals surface area contributed by atoms with Gasteiger partial charge in [0.2, 0.25) is 0 Å². The average molecular weight is 345 g/mol. The minimum atomic E-state index is 0.187. The Morgan fingerprint density at radius 1 is 1.08 bits per heavy atom. The summed E-state index contributed by atoms with van der Waals surface area (Å²) in [6.07, 6.45) is 0. The summed E-state index contributed by atoms with van der Waals surface area (Å²) < 4.78 is 5.17. The number of quaternary nitrogens is 1. The molecule has 2 aromatic rings. The quantitative estimate of drug-likeness (QED) is 0.666. The van der Waals surface area contributed by atoms with E-state index in [1.165, 1.54) is 10.5 Å². The number of rotatable bonds is 7. The van der Waals surface area contributed by atoms with E-state index in [9.17, 15) is 0 Å². The van der Waals surface area contributed by atoms with Crippen LogP contribution in [0.3, 0.4) is 0 Å². The maximum Gasteiger partial charge on any atom is 0.167 e. The number of hydrogen-bond donors (Lipinski definition) is 3. The second-order valence-electron chi connectivity index (χ2n) is 6.05. The van der Waals surface area contributed by atoms with E-state index >= 15 is 0 Å². The van der Waals surface area contributed by atoms with Crippen LogP contribution in [0.4, 0.5) is 0 Å². The maximum absolute atomic E-state index is 5.47. The van der Waals surface area contributed by atoms with Gasteiger partial charge in [-0.3, -0.25) is 0 Å². The van der Waals surface area contributed by atoms with Gasteiger partial charge in [-0.15, -0.1) is 0 Å². The molecule has 0 unspecified atom stereocenters. The average Bonchev–Trinajstić information content (AvgIpc) is 2.60. The zero-order chi connectivity index (χ0) is 17.4. The van der Waals surface area contributed by atoms with Crippen LogP contribution in [0, 0.1) is 0 Å². The first-order valence-electron chi connectivity index (χ1n) is 8.09. The number of ether oxygens (including phenoxy) is 1. The van der Waals surface area contributed by atoms with Crippen LogP contribution in [0.5, 0.6) is 5.75 Å². The Kier molecular flexibility index (Phi) is 7.03. The summed E-state index contributed by atoms with van der Waals surface area (Å²) in [6.45, 7) is 1.64. The zero-order valence-electron chi connectivity index (χ0n) is 14.5. The van der Waals surface area contributed by atoms with Crippen LogP contribution >= 0.6 is 12.2 Å². The second-order valence-corrected chi connectivity index (χ2v) is 6.46. The van der Waals surface area contributed by atoms with Gasteiger partial charge in [0.25, 0.3) is 0 Å². The van der Waals surface area contributed by atoms with E-state index < -0.39 is 0 Å². The fourth-order valence-electron chi connectivity index (χ4n) is 2.48. The Morgan fingerprint density at radius 3 is 2.33 bits per heavy atom. The van der Waals surface area contributed by atoms with Crippen molar-refractivity contribution in [2.75, 3.05) is 27.7 Å². The van der Waals surface area contributed by atoms with E-state index in [0.717, 1.165) is 17.9 Å². The summed E-state index contributed by atoms with van der Waals surface area (Å²) >= 11 is 5.47. The van der Waals surface area contributed by atoms with Crippen molar-refractivity contribution in [3.05, 3.63) is 65.7 Å². The molecular formula is C19H26N3OS+.